The standard InChI is InChI=1S/C31H44BN3O5/c1-19(2)25(34-29(37)38-7)28(36)35-18-10-13-24(35)27-23-12-9-8-11-22(23)26(33-27)20-14-16-21(17-15-20)32-39-30(3,4)31(5,6)40-32/h14-17,19,24-25,33H,8-13,18H2,1-7H3,(H,34,37). The number of H-pyrrole nitrogens is 1. The normalized spacial score (nSPS) is 22.4. The number of aromatic nitrogens is 1. The molecule has 2 fully saturated rings. The number of fused-ring (bicyclic) bond motifs is 1. The second-order valence-corrected chi connectivity index (χ2v) is 12.8. The van der Waals surface area contributed by atoms with Crippen LogP contribution in [0, 0.1) is 5.92 Å². The van der Waals surface area contributed by atoms with Gasteiger partial charge in [-0.25, -0.2) is 4.79 Å². The zero-order valence-electron chi connectivity index (χ0n) is 25.1. The monoisotopic (exact) mass is 549 g/mol. The second-order valence-electron chi connectivity index (χ2n) is 12.8. The number of nitrogens with zero attached hydrogens (tertiary/aromatic N) is 1. The summed E-state index contributed by atoms with van der Waals surface area (Å²) in [5.41, 5.74) is 6.43. The minimum atomic E-state index is -0.624. The fraction of sp³-hybridized carbons (Fsp3) is 0.613. The van der Waals surface area contributed by atoms with Gasteiger partial charge in [-0.1, -0.05) is 38.1 Å². The van der Waals surface area contributed by atoms with Crippen LogP contribution >= 0.6 is 0 Å². The van der Waals surface area contributed by atoms with Crippen LogP contribution in [0.4, 0.5) is 4.79 Å². The second kappa shape index (κ2) is 10.9. The number of hydrogen-bond donors (Lipinski definition) is 2. The average Bonchev–Trinajstić information content (AvgIpc) is 3.60. The summed E-state index contributed by atoms with van der Waals surface area (Å²) in [6.45, 7) is 12.9. The van der Waals surface area contributed by atoms with Gasteiger partial charge in [0.05, 0.1) is 24.4 Å². The number of carbonyl (C=O) groups is 2. The first-order valence-electron chi connectivity index (χ1n) is 14.8. The molecule has 0 radical (unpaired) electrons. The van der Waals surface area contributed by atoms with Gasteiger partial charge in [0.1, 0.15) is 6.04 Å². The van der Waals surface area contributed by atoms with Crippen LogP contribution < -0.4 is 10.8 Å². The molecule has 1 aromatic carbocycles. The molecular formula is C31H44BN3O5. The lowest BCUT2D eigenvalue weighted by molar-refractivity contribution is -0.135. The number of carbonyl (C=O) groups excluding carboxylic acids is 2. The summed E-state index contributed by atoms with van der Waals surface area (Å²) in [5.74, 6) is -0.0983. The van der Waals surface area contributed by atoms with E-state index in [1.807, 2.05) is 18.7 Å². The maximum Gasteiger partial charge on any atom is 0.494 e. The number of aromatic amines is 1. The first kappa shape index (κ1) is 28.7. The van der Waals surface area contributed by atoms with Crippen LogP contribution in [0.3, 0.4) is 0 Å². The Kier molecular flexibility index (Phi) is 7.83. The number of nitrogens with one attached hydrogen (secondary N) is 2. The Balaban J connectivity index is 1.43. The molecule has 9 heteroatoms. The lowest BCUT2D eigenvalue weighted by Gasteiger charge is -2.32. The molecule has 8 nitrogen and oxygen atoms in total. The van der Waals surface area contributed by atoms with Crippen LogP contribution in [0.2, 0.25) is 0 Å². The Labute approximate surface area is 238 Å². The fourth-order valence-electron chi connectivity index (χ4n) is 6.29. The highest BCUT2D eigenvalue weighted by molar-refractivity contribution is 6.62. The highest BCUT2D eigenvalue weighted by atomic mass is 16.7. The summed E-state index contributed by atoms with van der Waals surface area (Å²) in [5, 5.41) is 2.76. The molecule has 216 valence electrons. The van der Waals surface area contributed by atoms with Gasteiger partial charge in [-0.2, -0.15) is 0 Å². The molecule has 0 bridgehead atoms. The van der Waals surface area contributed by atoms with Gasteiger partial charge < -0.3 is 29.2 Å². The van der Waals surface area contributed by atoms with Crippen LogP contribution in [0.5, 0.6) is 0 Å². The van der Waals surface area contributed by atoms with Crippen molar-refractivity contribution in [3.8, 4) is 11.3 Å². The molecule has 1 aromatic heterocycles. The largest absolute Gasteiger partial charge is 0.494 e. The van der Waals surface area contributed by atoms with E-state index in [1.165, 1.54) is 18.2 Å². The molecular weight excluding hydrogens is 505 g/mol. The predicted molar refractivity (Wildman–Crippen MR) is 156 cm³/mol. The fourth-order valence-corrected chi connectivity index (χ4v) is 6.29. The maximum absolute atomic E-state index is 13.7. The minimum absolute atomic E-state index is 0.0298. The SMILES string of the molecule is COC(=O)NC(C(=O)N1CCCC1c1[nH]c(-c2ccc(B3OC(C)(C)C(C)(C)O3)cc2)c2c1CCCC2)C(C)C. The van der Waals surface area contributed by atoms with E-state index in [2.05, 4.69) is 62.3 Å². The maximum atomic E-state index is 13.7. The van der Waals surface area contributed by atoms with E-state index in [0.717, 1.165) is 60.9 Å². The Morgan fingerprint density at radius 3 is 2.25 bits per heavy atom. The minimum Gasteiger partial charge on any atom is -0.453 e. The van der Waals surface area contributed by atoms with E-state index in [9.17, 15) is 9.59 Å². The molecule has 2 unspecified atom stereocenters. The molecule has 3 aliphatic rings. The lowest BCUT2D eigenvalue weighted by Crippen LogP contribution is -2.51. The van der Waals surface area contributed by atoms with Gasteiger partial charge in [-0.15, -0.1) is 0 Å². The van der Waals surface area contributed by atoms with E-state index in [1.54, 1.807) is 0 Å². The summed E-state index contributed by atoms with van der Waals surface area (Å²) < 4.78 is 17.3. The lowest BCUT2D eigenvalue weighted by atomic mass is 9.78. The van der Waals surface area contributed by atoms with E-state index >= 15 is 0 Å². The molecule has 2 aliphatic heterocycles. The third kappa shape index (κ3) is 5.18. The van der Waals surface area contributed by atoms with Gasteiger partial charge in [-0.05, 0) is 94.3 Å². The van der Waals surface area contributed by atoms with Crippen molar-refractivity contribution in [3.05, 3.63) is 41.1 Å². The van der Waals surface area contributed by atoms with E-state index < -0.39 is 19.3 Å². The molecule has 2 N–H and O–H groups in total. The topological polar surface area (TPSA) is 92.9 Å². The Morgan fingerprint density at radius 1 is 1.02 bits per heavy atom. The number of benzene rings is 1. The Morgan fingerprint density at radius 2 is 1.65 bits per heavy atom. The van der Waals surface area contributed by atoms with E-state index in [-0.39, 0.29) is 29.1 Å². The van der Waals surface area contributed by atoms with Crippen molar-refractivity contribution >= 4 is 24.6 Å². The van der Waals surface area contributed by atoms with Gasteiger partial charge in [0.25, 0.3) is 0 Å². The van der Waals surface area contributed by atoms with Crippen LogP contribution in [0.1, 0.15) is 90.1 Å². The van der Waals surface area contributed by atoms with Crippen molar-refractivity contribution in [3.63, 3.8) is 0 Å². The number of methoxy groups -OCH3 is 1. The highest BCUT2D eigenvalue weighted by Crippen LogP contribution is 2.42. The molecule has 5 rings (SSSR count). The smallest absolute Gasteiger partial charge is 0.453 e. The molecule has 3 heterocycles. The summed E-state index contributed by atoms with van der Waals surface area (Å²) in [6.07, 6.45) is 5.62. The molecule has 0 saturated carbocycles. The van der Waals surface area contributed by atoms with E-state index in [4.69, 9.17) is 14.0 Å². The summed E-state index contributed by atoms with van der Waals surface area (Å²) in [4.78, 5) is 31.5. The molecule has 2 saturated heterocycles. The Bertz CT molecular complexity index is 1240. The van der Waals surface area contributed by atoms with Crippen LogP contribution in [0.15, 0.2) is 24.3 Å². The zero-order chi connectivity index (χ0) is 28.8. The zero-order valence-corrected chi connectivity index (χ0v) is 25.1. The molecule has 40 heavy (non-hydrogen) atoms. The molecule has 2 atom stereocenters. The quantitative estimate of drug-likeness (QED) is 0.500. The van der Waals surface area contributed by atoms with Crippen LogP contribution in [-0.4, -0.2) is 59.9 Å². The van der Waals surface area contributed by atoms with Crippen molar-refractivity contribution in [2.45, 2.75) is 103 Å². The summed E-state index contributed by atoms with van der Waals surface area (Å²) in [7, 11) is 0.933. The van der Waals surface area contributed by atoms with Crippen molar-refractivity contribution in [2.24, 2.45) is 5.92 Å². The Hall–Kier alpha value is -2.78. The number of alkyl carbamates (subject to hydrolysis) is 1. The number of likely N-dealkylation sites (tertiary alicyclic amines) is 1. The third-order valence-corrected chi connectivity index (χ3v) is 9.34. The van der Waals surface area contributed by atoms with Crippen molar-refractivity contribution in [1.29, 1.82) is 0 Å². The average molecular weight is 550 g/mol. The first-order valence-corrected chi connectivity index (χ1v) is 14.8. The van der Waals surface area contributed by atoms with Gasteiger partial charge in [-0.3, -0.25) is 4.79 Å². The third-order valence-electron chi connectivity index (χ3n) is 9.34. The van der Waals surface area contributed by atoms with Gasteiger partial charge >= 0.3 is 13.2 Å². The summed E-state index contributed by atoms with van der Waals surface area (Å²) in [6, 6.07) is 7.85. The van der Waals surface area contributed by atoms with E-state index in [0.29, 0.717) is 6.54 Å². The number of amides is 2. The number of ether oxygens (including phenoxy) is 1. The summed E-state index contributed by atoms with van der Waals surface area (Å²) >= 11 is 0. The van der Waals surface area contributed by atoms with Crippen molar-refractivity contribution < 1.29 is 23.6 Å². The first-order chi connectivity index (χ1) is 18.9. The van der Waals surface area contributed by atoms with Gasteiger partial charge in [0, 0.05) is 17.9 Å². The molecule has 2 aromatic rings. The molecule has 2 amide bonds. The number of rotatable bonds is 6. The molecule has 0 spiro atoms. The van der Waals surface area contributed by atoms with Crippen LogP contribution in [0.25, 0.3) is 11.3 Å². The number of hydrogen-bond acceptors (Lipinski definition) is 5. The van der Waals surface area contributed by atoms with Crippen molar-refractivity contribution in [1.82, 2.24) is 15.2 Å². The van der Waals surface area contributed by atoms with Gasteiger partial charge in [0.2, 0.25) is 5.91 Å². The molecule has 1 aliphatic carbocycles. The van der Waals surface area contributed by atoms with Crippen molar-refractivity contribution in [2.75, 3.05) is 13.7 Å². The highest BCUT2D eigenvalue weighted by Gasteiger charge is 2.51. The predicted octanol–water partition coefficient (Wildman–Crippen LogP) is 4.90. The van der Waals surface area contributed by atoms with Gasteiger partial charge in [0.15, 0.2) is 0 Å². The van der Waals surface area contributed by atoms with Crippen LogP contribution in [-0.2, 0) is 31.7 Å².